The molecule has 0 saturated carbocycles. The van der Waals surface area contributed by atoms with Crippen LogP contribution in [0.2, 0.25) is 0 Å². The van der Waals surface area contributed by atoms with Crippen LogP contribution in [0.1, 0.15) is 10.5 Å². The predicted octanol–water partition coefficient (Wildman–Crippen LogP) is 2.81. The van der Waals surface area contributed by atoms with Crippen LogP contribution in [0.5, 0.6) is 0 Å². The van der Waals surface area contributed by atoms with Crippen LogP contribution in [0.25, 0.3) is 11.3 Å². The van der Waals surface area contributed by atoms with Crippen LogP contribution in [-0.4, -0.2) is 15.6 Å². The molecule has 94 valence electrons. The molecule has 1 N–H and O–H groups in total. The summed E-state index contributed by atoms with van der Waals surface area (Å²) in [6.07, 6.45) is 0. The van der Waals surface area contributed by atoms with Crippen LogP contribution in [-0.2, 0) is 7.05 Å². The Morgan fingerprint density at radius 3 is 2.17 bits per heavy atom. The Morgan fingerprint density at radius 1 is 1.17 bits per heavy atom. The van der Waals surface area contributed by atoms with Gasteiger partial charge in [-0.15, -0.1) is 0 Å². The summed E-state index contributed by atoms with van der Waals surface area (Å²) in [7, 11) is 1.44. The van der Waals surface area contributed by atoms with E-state index in [-0.39, 0.29) is 17.0 Å². The molecule has 0 bridgehead atoms. The van der Waals surface area contributed by atoms with Gasteiger partial charge in [0.2, 0.25) is 0 Å². The van der Waals surface area contributed by atoms with Gasteiger partial charge in [-0.25, -0.2) is 18.0 Å². The van der Waals surface area contributed by atoms with Gasteiger partial charge in [-0.05, 0) is 24.3 Å². The number of aromatic carboxylic acids is 1. The fourth-order valence-electron chi connectivity index (χ4n) is 1.72. The van der Waals surface area contributed by atoms with Gasteiger partial charge >= 0.3 is 5.97 Å². The fraction of sp³-hybridized carbons (Fsp3) is 0.0833. The van der Waals surface area contributed by atoms with Gasteiger partial charge < -0.3 is 9.67 Å². The summed E-state index contributed by atoms with van der Waals surface area (Å²) < 4.78 is 40.2. The minimum absolute atomic E-state index is 0.0323. The minimum atomic E-state index is -1.55. The molecule has 0 fully saturated rings. The second-order valence-corrected chi connectivity index (χ2v) is 3.72. The van der Waals surface area contributed by atoms with E-state index in [1.165, 1.54) is 23.7 Å². The molecule has 0 amide bonds. The first-order valence-electron chi connectivity index (χ1n) is 4.95. The number of carboxylic acids is 1. The lowest BCUT2D eigenvalue weighted by Gasteiger charge is -2.06. The zero-order valence-corrected chi connectivity index (χ0v) is 9.25. The number of halogens is 3. The average molecular weight is 255 g/mol. The smallest absolute Gasteiger partial charge is 0.352 e. The summed E-state index contributed by atoms with van der Waals surface area (Å²) in [5.41, 5.74) is 0.321. The minimum Gasteiger partial charge on any atom is -0.477 e. The first-order chi connectivity index (χ1) is 8.41. The van der Waals surface area contributed by atoms with Crippen LogP contribution in [0, 0.1) is 17.5 Å². The fourth-order valence-corrected chi connectivity index (χ4v) is 1.72. The van der Waals surface area contributed by atoms with Crippen LogP contribution in [0.15, 0.2) is 24.3 Å². The monoisotopic (exact) mass is 255 g/mol. The molecule has 0 saturated heterocycles. The Hall–Kier alpha value is -2.24. The number of rotatable bonds is 2. The van der Waals surface area contributed by atoms with Crippen LogP contribution < -0.4 is 0 Å². The Balaban J connectivity index is 2.59. The Labute approximate surface area is 100 Å². The van der Waals surface area contributed by atoms with Crippen LogP contribution in [0.4, 0.5) is 13.2 Å². The normalized spacial score (nSPS) is 10.7. The van der Waals surface area contributed by atoms with Gasteiger partial charge in [-0.1, -0.05) is 0 Å². The molecule has 0 radical (unpaired) electrons. The van der Waals surface area contributed by atoms with Crippen molar-refractivity contribution < 1.29 is 23.1 Å². The summed E-state index contributed by atoms with van der Waals surface area (Å²) in [6.45, 7) is 0. The van der Waals surface area contributed by atoms with E-state index in [1.54, 1.807) is 0 Å². The molecule has 2 rings (SSSR count). The highest BCUT2D eigenvalue weighted by Gasteiger charge is 2.16. The second-order valence-electron chi connectivity index (χ2n) is 3.72. The highest BCUT2D eigenvalue weighted by atomic mass is 19.2. The third-order valence-electron chi connectivity index (χ3n) is 2.62. The van der Waals surface area contributed by atoms with E-state index in [9.17, 15) is 18.0 Å². The molecule has 1 heterocycles. The molecular formula is C12H8F3NO2. The lowest BCUT2D eigenvalue weighted by Crippen LogP contribution is -2.05. The van der Waals surface area contributed by atoms with Crippen LogP contribution in [0.3, 0.4) is 0 Å². The van der Waals surface area contributed by atoms with Gasteiger partial charge in [0, 0.05) is 18.3 Å². The molecule has 0 atom stereocenters. The number of aromatic nitrogens is 1. The van der Waals surface area contributed by atoms with Crippen molar-refractivity contribution in [2.45, 2.75) is 0 Å². The van der Waals surface area contributed by atoms with Crippen LogP contribution >= 0.6 is 0 Å². The zero-order chi connectivity index (χ0) is 13.4. The first kappa shape index (κ1) is 12.2. The van der Waals surface area contributed by atoms with Gasteiger partial charge in [0.15, 0.2) is 17.5 Å². The number of nitrogens with zero attached hydrogens (tertiary/aromatic N) is 1. The highest BCUT2D eigenvalue weighted by Crippen LogP contribution is 2.25. The maximum absolute atomic E-state index is 13.1. The van der Waals surface area contributed by atoms with Crippen molar-refractivity contribution in [1.82, 2.24) is 4.57 Å². The third-order valence-corrected chi connectivity index (χ3v) is 2.62. The summed E-state index contributed by atoms with van der Waals surface area (Å²) in [5, 5.41) is 8.85. The summed E-state index contributed by atoms with van der Waals surface area (Å²) >= 11 is 0. The van der Waals surface area contributed by atoms with Gasteiger partial charge in [0.1, 0.15) is 5.69 Å². The van der Waals surface area contributed by atoms with E-state index < -0.39 is 23.4 Å². The second kappa shape index (κ2) is 4.21. The Morgan fingerprint density at radius 2 is 1.72 bits per heavy atom. The molecule has 1 aromatic heterocycles. The predicted molar refractivity (Wildman–Crippen MR) is 57.7 cm³/mol. The lowest BCUT2D eigenvalue weighted by molar-refractivity contribution is 0.0687. The van der Waals surface area contributed by atoms with Gasteiger partial charge in [-0.2, -0.15) is 0 Å². The molecule has 1 aromatic carbocycles. The van der Waals surface area contributed by atoms with E-state index in [2.05, 4.69) is 0 Å². The van der Waals surface area contributed by atoms with Gasteiger partial charge in [-0.3, -0.25) is 0 Å². The van der Waals surface area contributed by atoms with Crippen molar-refractivity contribution in [3.8, 4) is 11.3 Å². The number of benzene rings is 1. The maximum atomic E-state index is 13.1. The Bertz CT molecular complexity index is 611. The molecule has 0 aliphatic carbocycles. The van der Waals surface area contributed by atoms with Gasteiger partial charge in [0.05, 0.1) is 0 Å². The third kappa shape index (κ3) is 1.85. The molecule has 0 unspecified atom stereocenters. The van der Waals surface area contributed by atoms with Crippen molar-refractivity contribution in [3.63, 3.8) is 0 Å². The zero-order valence-electron chi connectivity index (χ0n) is 9.25. The topological polar surface area (TPSA) is 42.2 Å². The summed E-state index contributed by atoms with van der Waals surface area (Å²) in [4.78, 5) is 10.8. The number of hydrogen-bond acceptors (Lipinski definition) is 1. The molecule has 18 heavy (non-hydrogen) atoms. The molecule has 0 spiro atoms. The molecule has 2 aromatic rings. The van der Waals surface area contributed by atoms with Crippen molar-refractivity contribution in [3.05, 3.63) is 47.4 Å². The Kier molecular flexibility index (Phi) is 2.86. The highest BCUT2D eigenvalue weighted by molar-refractivity contribution is 5.87. The van der Waals surface area contributed by atoms with E-state index in [0.717, 1.165) is 12.1 Å². The SMILES string of the molecule is Cn1c(C(=O)O)ccc1-c1cc(F)c(F)c(F)c1. The quantitative estimate of drug-likeness (QED) is 0.838. The maximum Gasteiger partial charge on any atom is 0.352 e. The van der Waals surface area contributed by atoms with E-state index >= 15 is 0 Å². The number of carboxylic acid groups (broad SMARTS) is 1. The summed E-state index contributed by atoms with van der Waals surface area (Å²) in [6, 6.07) is 4.34. The van der Waals surface area contributed by atoms with Crippen molar-refractivity contribution in [2.75, 3.05) is 0 Å². The molecule has 0 aliphatic heterocycles. The van der Waals surface area contributed by atoms with Crippen molar-refractivity contribution >= 4 is 5.97 Å². The summed E-state index contributed by atoms with van der Waals surface area (Å²) in [5.74, 6) is -5.34. The van der Waals surface area contributed by atoms with Crippen molar-refractivity contribution in [1.29, 1.82) is 0 Å². The van der Waals surface area contributed by atoms with E-state index in [4.69, 9.17) is 5.11 Å². The number of hydrogen-bond donors (Lipinski definition) is 1. The van der Waals surface area contributed by atoms with E-state index in [0.29, 0.717) is 0 Å². The molecule has 3 nitrogen and oxygen atoms in total. The van der Waals surface area contributed by atoms with Gasteiger partial charge in [0.25, 0.3) is 0 Å². The van der Waals surface area contributed by atoms with E-state index in [1.807, 2.05) is 0 Å². The first-order valence-corrected chi connectivity index (χ1v) is 4.95. The average Bonchev–Trinajstić information content (AvgIpc) is 2.67. The van der Waals surface area contributed by atoms with Crippen molar-refractivity contribution in [2.24, 2.45) is 7.05 Å². The standard InChI is InChI=1S/C12H8F3NO2/c1-16-9(2-3-10(16)12(17)18)6-4-7(13)11(15)8(14)5-6/h2-5H,1H3,(H,17,18). The molecule has 0 aliphatic rings. The largest absolute Gasteiger partial charge is 0.477 e. The molecule has 6 heteroatoms. The lowest BCUT2D eigenvalue weighted by atomic mass is 10.1. The number of carbonyl (C=O) groups is 1. The molecular weight excluding hydrogens is 247 g/mol.